The van der Waals surface area contributed by atoms with Gasteiger partial charge in [0, 0.05) is 10.8 Å². The van der Waals surface area contributed by atoms with E-state index in [1.54, 1.807) is 13.8 Å². The predicted octanol–water partition coefficient (Wildman–Crippen LogP) is 2.65. The lowest BCUT2D eigenvalue weighted by Gasteiger charge is -2.14. The highest BCUT2D eigenvalue weighted by Gasteiger charge is 2.19. The summed E-state index contributed by atoms with van der Waals surface area (Å²) in [6.45, 7) is 3.44. The minimum atomic E-state index is -1.02. The minimum Gasteiger partial charge on any atom is -0.395 e. The summed E-state index contributed by atoms with van der Waals surface area (Å²) in [5.74, 6) is -2.26. The van der Waals surface area contributed by atoms with E-state index in [1.165, 1.54) is 17.8 Å². The van der Waals surface area contributed by atoms with E-state index in [0.717, 1.165) is 12.1 Å². The average Bonchev–Trinajstić information content (AvgIpc) is 2.31. The number of hydrogen-bond acceptors (Lipinski definition) is 3. The first kappa shape index (κ1) is 14.1. The van der Waals surface area contributed by atoms with Crippen molar-refractivity contribution in [1.82, 2.24) is 0 Å². The molecule has 0 bridgehead atoms. The Morgan fingerprint density at radius 3 is 2.53 bits per heavy atom. The van der Waals surface area contributed by atoms with Crippen molar-refractivity contribution in [3.05, 3.63) is 35.4 Å². The summed E-state index contributed by atoms with van der Waals surface area (Å²) >= 11 is 1.30. The number of rotatable bonds is 5. The molecule has 2 atom stereocenters. The Bertz CT molecular complexity index is 409. The van der Waals surface area contributed by atoms with E-state index in [4.69, 9.17) is 5.11 Å². The second kappa shape index (κ2) is 6.12. The van der Waals surface area contributed by atoms with Crippen molar-refractivity contribution in [3.63, 3.8) is 0 Å². The molecule has 2 nitrogen and oxygen atoms in total. The van der Waals surface area contributed by atoms with Gasteiger partial charge in [0.05, 0.1) is 11.9 Å². The summed E-state index contributed by atoms with van der Waals surface area (Å²) in [5.41, 5.74) is 0.147. The smallest absolute Gasteiger partial charge is 0.175 e. The van der Waals surface area contributed by atoms with Crippen LogP contribution < -0.4 is 0 Å². The summed E-state index contributed by atoms with van der Waals surface area (Å²) in [7, 11) is 0. The minimum absolute atomic E-state index is 0.0277. The number of ketones is 1. The molecule has 0 heterocycles. The van der Waals surface area contributed by atoms with Crippen LogP contribution in [0.15, 0.2) is 18.2 Å². The van der Waals surface area contributed by atoms with Crippen LogP contribution in [0.25, 0.3) is 0 Å². The Balaban J connectivity index is 2.78. The second-order valence-electron chi connectivity index (χ2n) is 3.76. The number of carbonyl (C=O) groups excluding carboxylic acids is 1. The maximum atomic E-state index is 13.0. The van der Waals surface area contributed by atoms with Crippen molar-refractivity contribution in [2.75, 3.05) is 6.61 Å². The molecule has 2 unspecified atom stereocenters. The molecule has 0 aliphatic heterocycles. The molecule has 0 spiro atoms. The number of halogens is 2. The maximum Gasteiger partial charge on any atom is 0.175 e. The molecular weight excluding hydrogens is 246 g/mol. The largest absolute Gasteiger partial charge is 0.395 e. The van der Waals surface area contributed by atoms with Crippen LogP contribution in [0.1, 0.15) is 24.2 Å². The van der Waals surface area contributed by atoms with E-state index < -0.39 is 16.9 Å². The molecule has 17 heavy (non-hydrogen) atoms. The molecule has 94 valence electrons. The third kappa shape index (κ3) is 3.78. The first-order valence-corrected chi connectivity index (χ1v) is 6.15. The van der Waals surface area contributed by atoms with Crippen LogP contribution in [-0.2, 0) is 0 Å². The Morgan fingerprint density at radius 1 is 1.35 bits per heavy atom. The van der Waals surface area contributed by atoms with E-state index in [2.05, 4.69) is 0 Å². The molecule has 0 radical (unpaired) electrons. The molecule has 0 saturated heterocycles. The Kier molecular flexibility index (Phi) is 5.08. The number of benzene rings is 1. The standard InChI is InChI=1S/C12H14F2O2S/c1-7(6-15)17-8(2)12(16)9-3-4-10(13)11(14)5-9/h3-5,7-8,15H,6H2,1-2H3. The molecule has 0 aromatic heterocycles. The highest BCUT2D eigenvalue weighted by atomic mass is 32.2. The fourth-order valence-electron chi connectivity index (χ4n) is 1.34. The van der Waals surface area contributed by atoms with Gasteiger partial charge in [-0.2, -0.15) is 0 Å². The van der Waals surface area contributed by atoms with Crippen LogP contribution >= 0.6 is 11.8 Å². The third-order valence-corrected chi connectivity index (χ3v) is 3.50. The molecule has 5 heteroatoms. The quantitative estimate of drug-likeness (QED) is 0.827. The molecule has 1 N–H and O–H groups in total. The highest BCUT2D eigenvalue weighted by molar-refractivity contribution is 8.01. The molecule has 0 aliphatic carbocycles. The van der Waals surface area contributed by atoms with Crippen molar-refractivity contribution in [2.45, 2.75) is 24.3 Å². The molecule has 1 aromatic carbocycles. The number of thioether (sulfide) groups is 1. The van der Waals surface area contributed by atoms with Crippen LogP contribution in [0.2, 0.25) is 0 Å². The number of carbonyl (C=O) groups is 1. The van der Waals surface area contributed by atoms with Crippen molar-refractivity contribution >= 4 is 17.5 Å². The van der Waals surface area contributed by atoms with E-state index in [9.17, 15) is 13.6 Å². The molecule has 0 saturated carbocycles. The zero-order valence-corrected chi connectivity index (χ0v) is 10.4. The number of hydrogen-bond donors (Lipinski definition) is 1. The van der Waals surface area contributed by atoms with Gasteiger partial charge in [0.15, 0.2) is 17.4 Å². The van der Waals surface area contributed by atoms with Crippen molar-refractivity contribution < 1.29 is 18.7 Å². The van der Waals surface area contributed by atoms with Crippen LogP contribution in [0, 0.1) is 11.6 Å². The lowest BCUT2D eigenvalue weighted by atomic mass is 10.1. The predicted molar refractivity (Wildman–Crippen MR) is 64.3 cm³/mol. The van der Waals surface area contributed by atoms with Crippen molar-refractivity contribution in [2.24, 2.45) is 0 Å². The normalized spacial score (nSPS) is 14.4. The molecule has 1 aromatic rings. The molecule has 0 aliphatic rings. The lowest BCUT2D eigenvalue weighted by molar-refractivity contribution is 0.0993. The number of aliphatic hydroxyl groups excluding tert-OH is 1. The number of aliphatic hydroxyl groups is 1. The van der Waals surface area contributed by atoms with Crippen LogP contribution in [-0.4, -0.2) is 28.0 Å². The van der Waals surface area contributed by atoms with Gasteiger partial charge in [0.25, 0.3) is 0 Å². The fraction of sp³-hybridized carbons (Fsp3) is 0.417. The van der Waals surface area contributed by atoms with Crippen molar-refractivity contribution in [3.8, 4) is 0 Å². The van der Waals surface area contributed by atoms with Gasteiger partial charge >= 0.3 is 0 Å². The number of Topliss-reactive ketones (excluding diaryl/α,β-unsaturated/α-hetero) is 1. The van der Waals surface area contributed by atoms with Gasteiger partial charge in [-0.05, 0) is 25.1 Å². The molecular formula is C12H14F2O2S. The summed E-state index contributed by atoms with van der Waals surface area (Å²) in [6, 6.07) is 3.11. The van der Waals surface area contributed by atoms with Crippen molar-refractivity contribution in [1.29, 1.82) is 0 Å². The first-order chi connectivity index (χ1) is 7.95. The molecule has 1 rings (SSSR count). The maximum absolute atomic E-state index is 13.0. The van der Waals surface area contributed by atoms with E-state index >= 15 is 0 Å². The summed E-state index contributed by atoms with van der Waals surface area (Å²) in [4.78, 5) is 11.9. The Morgan fingerprint density at radius 2 is 2.00 bits per heavy atom. The fourth-order valence-corrected chi connectivity index (χ4v) is 2.38. The topological polar surface area (TPSA) is 37.3 Å². The SMILES string of the molecule is CC(CO)SC(C)C(=O)c1ccc(F)c(F)c1. The zero-order valence-electron chi connectivity index (χ0n) is 9.61. The van der Waals surface area contributed by atoms with Gasteiger partial charge in [-0.3, -0.25) is 4.79 Å². The van der Waals surface area contributed by atoms with Crippen LogP contribution in [0.4, 0.5) is 8.78 Å². The van der Waals surface area contributed by atoms with Crippen LogP contribution in [0.3, 0.4) is 0 Å². The molecule has 0 fully saturated rings. The monoisotopic (exact) mass is 260 g/mol. The zero-order chi connectivity index (χ0) is 13.0. The van der Waals surface area contributed by atoms with Gasteiger partial charge in [0.1, 0.15) is 0 Å². The van der Waals surface area contributed by atoms with Gasteiger partial charge in [-0.25, -0.2) is 8.78 Å². The lowest BCUT2D eigenvalue weighted by Crippen LogP contribution is -2.18. The Labute approximate surface area is 103 Å². The molecule has 0 amide bonds. The first-order valence-electron chi connectivity index (χ1n) is 5.21. The average molecular weight is 260 g/mol. The van der Waals surface area contributed by atoms with Gasteiger partial charge in [-0.1, -0.05) is 6.92 Å². The van der Waals surface area contributed by atoms with E-state index in [0.29, 0.717) is 0 Å². The Hall–Kier alpha value is -0.940. The van der Waals surface area contributed by atoms with Gasteiger partial charge < -0.3 is 5.11 Å². The van der Waals surface area contributed by atoms with Gasteiger partial charge in [-0.15, -0.1) is 11.8 Å². The van der Waals surface area contributed by atoms with Crippen LogP contribution in [0.5, 0.6) is 0 Å². The second-order valence-corrected chi connectivity index (χ2v) is 5.55. The third-order valence-electron chi connectivity index (χ3n) is 2.27. The summed E-state index contributed by atoms with van der Waals surface area (Å²) in [5, 5.41) is 8.40. The van der Waals surface area contributed by atoms with E-state index in [-0.39, 0.29) is 23.2 Å². The summed E-state index contributed by atoms with van der Waals surface area (Å²) in [6.07, 6.45) is 0. The van der Waals surface area contributed by atoms with E-state index in [1.807, 2.05) is 0 Å². The van der Waals surface area contributed by atoms with Gasteiger partial charge in [0.2, 0.25) is 0 Å². The summed E-state index contributed by atoms with van der Waals surface area (Å²) < 4.78 is 25.7. The highest BCUT2D eigenvalue weighted by Crippen LogP contribution is 2.21.